The predicted octanol–water partition coefficient (Wildman–Crippen LogP) is 3.27. The van der Waals surface area contributed by atoms with E-state index in [9.17, 15) is 4.79 Å². The first-order valence-electron chi connectivity index (χ1n) is 5.60. The van der Waals surface area contributed by atoms with Gasteiger partial charge in [0, 0.05) is 17.0 Å². The van der Waals surface area contributed by atoms with Crippen LogP contribution < -0.4 is 5.56 Å². The van der Waals surface area contributed by atoms with E-state index in [1.807, 2.05) is 18.2 Å². The van der Waals surface area contributed by atoms with Crippen LogP contribution in [-0.2, 0) is 0 Å². The van der Waals surface area contributed by atoms with Gasteiger partial charge in [0.05, 0.1) is 0 Å². The Hall–Kier alpha value is -2.35. The highest BCUT2D eigenvalue weighted by Gasteiger charge is 2.08. The molecule has 17 heavy (non-hydrogen) atoms. The van der Waals surface area contributed by atoms with Crippen LogP contribution in [-0.4, -0.2) is 4.98 Å². The normalized spacial score (nSPS) is 11.8. The first-order valence-corrected chi connectivity index (χ1v) is 5.60. The summed E-state index contributed by atoms with van der Waals surface area (Å²) in [5, 5.41) is 6.49. The zero-order valence-corrected chi connectivity index (χ0v) is 9.03. The van der Waals surface area contributed by atoms with E-state index in [-0.39, 0.29) is 5.56 Å². The van der Waals surface area contributed by atoms with Crippen molar-refractivity contribution in [3.8, 4) is 0 Å². The molecule has 4 aromatic rings. The molecule has 0 saturated carbocycles. The Kier molecular flexibility index (Phi) is 1.47. The molecule has 0 saturated heterocycles. The van der Waals surface area contributed by atoms with Crippen molar-refractivity contribution in [2.45, 2.75) is 0 Å². The minimum atomic E-state index is -0.0178. The van der Waals surface area contributed by atoms with Crippen LogP contribution >= 0.6 is 0 Å². The second kappa shape index (κ2) is 2.86. The lowest BCUT2D eigenvalue weighted by molar-refractivity contribution is 1.29. The first kappa shape index (κ1) is 8.76. The van der Waals surface area contributed by atoms with Crippen molar-refractivity contribution < 1.29 is 0 Å². The second-order valence-electron chi connectivity index (χ2n) is 4.34. The molecule has 1 N–H and O–H groups in total. The average Bonchev–Trinajstić information content (AvgIpc) is 2.38. The minimum Gasteiger partial charge on any atom is -0.328 e. The summed E-state index contributed by atoms with van der Waals surface area (Å²) in [6.45, 7) is 0. The number of benzene rings is 3. The lowest BCUT2D eigenvalue weighted by atomic mass is 9.96. The fourth-order valence-corrected chi connectivity index (χ4v) is 2.64. The quantitative estimate of drug-likeness (QED) is 0.452. The van der Waals surface area contributed by atoms with E-state index in [1.165, 1.54) is 16.2 Å². The predicted molar refractivity (Wildman–Crippen MR) is 70.8 cm³/mol. The van der Waals surface area contributed by atoms with Crippen LogP contribution in [0.2, 0.25) is 0 Å². The number of hydrogen-bond acceptors (Lipinski definition) is 1. The molecule has 0 fully saturated rings. The number of aromatic amines is 1. The summed E-state index contributed by atoms with van der Waals surface area (Å²) in [4.78, 5) is 14.6. The van der Waals surface area contributed by atoms with Gasteiger partial charge in [-0.25, -0.2) is 0 Å². The van der Waals surface area contributed by atoms with Crippen molar-refractivity contribution in [2.24, 2.45) is 0 Å². The topological polar surface area (TPSA) is 32.9 Å². The molecule has 2 heteroatoms. The van der Waals surface area contributed by atoms with Crippen LogP contribution in [0, 0.1) is 0 Å². The van der Waals surface area contributed by atoms with Crippen LogP contribution in [0.4, 0.5) is 0 Å². The highest BCUT2D eigenvalue weighted by molar-refractivity contribution is 6.22. The van der Waals surface area contributed by atoms with Crippen molar-refractivity contribution in [2.75, 3.05) is 0 Å². The molecular weight excluding hydrogens is 210 g/mol. The number of nitrogens with one attached hydrogen (secondary N) is 1. The summed E-state index contributed by atoms with van der Waals surface area (Å²) in [6, 6.07) is 14.3. The van der Waals surface area contributed by atoms with Gasteiger partial charge >= 0.3 is 0 Å². The number of H-pyrrole nitrogens is 1. The SMILES string of the molecule is O=c1[nH]cc2ccc3cccc4ccc1c2c34. The standard InChI is InChI=1S/C15H9NO/c17-15-12-7-6-10-3-1-2-9-4-5-11(8-16-15)14(12)13(9)10/h1-8H,(H,16,17). The number of hydrogen-bond donors (Lipinski definition) is 1. The maximum absolute atomic E-state index is 11.8. The van der Waals surface area contributed by atoms with Crippen LogP contribution in [0.5, 0.6) is 0 Å². The molecule has 0 bridgehead atoms. The van der Waals surface area contributed by atoms with E-state index in [4.69, 9.17) is 0 Å². The zero-order chi connectivity index (χ0) is 11.4. The largest absolute Gasteiger partial charge is 0.328 e. The van der Waals surface area contributed by atoms with Crippen LogP contribution in [0.15, 0.2) is 53.5 Å². The molecule has 0 aliphatic carbocycles. The Labute approximate surface area is 96.8 Å². The van der Waals surface area contributed by atoms with Gasteiger partial charge in [0.1, 0.15) is 0 Å². The molecular formula is C15H9NO. The Morgan fingerprint density at radius 2 is 1.47 bits per heavy atom. The molecule has 3 aromatic carbocycles. The van der Waals surface area contributed by atoms with Crippen molar-refractivity contribution in [3.63, 3.8) is 0 Å². The second-order valence-corrected chi connectivity index (χ2v) is 4.34. The fraction of sp³-hybridized carbons (Fsp3) is 0. The Morgan fingerprint density at radius 3 is 2.29 bits per heavy atom. The third-order valence-corrected chi connectivity index (χ3v) is 3.41. The van der Waals surface area contributed by atoms with Crippen molar-refractivity contribution in [3.05, 3.63) is 59.0 Å². The number of rotatable bonds is 0. The van der Waals surface area contributed by atoms with Crippen LogP contribution in [0.1, 0.15) is 0 Å². The Balaban J connectivity index is 2.53. The molecule has 0 unspecified atom stereocenters. The molecule has 0 atom stereocenters. The van der Waals surface area contributed by atoms with Gasteiger partial charge in [-0.05, 0) is 27.6 Å². The number of aromatic nitrogens is 1. The maximum atomic E-state index is 11.8. The first-order chi connectivity index (χ1) is 8.34. The molecule has 0 aliphatic heterocycles. The van der Waals surface area contributed by atoms with Crippen molar-refractivity contribution >= 4 is 32.3 Å². The summed E-state index contributed by atoms with van der Waals surface area (Å²) < 4.78 is 0. The van der Waals surface area contributed by atoms with Gasteiger partial charge in [-0.15, -0.1) is 0 Å². The molecule has 2 nitrogen and oxygen atoms in total. The van der Waals surface area contributed by atoms with Gasteiger partial charge in [-0.3, -0.25) is 4.79 Å². The summed E-state index contributed by atoms with van der Waals surface area (Å²) in [5.41, 5.74) is -0.0178. The zero-order valence-electron chi connectivity index (χ0n) is 9.03. The average molecular weight is 219 g/mol. The smallest absolute Gasteiger partial charge is 0.255 e. The highest BCUT2D eigenvalue weighted by Crippen LogP contribution is 2.32. The molecule has 1 heterocycles. The van der Waals surface area contributed by atoms with Gasteiger partial charge < -0.3 is 4.98 Å². The van der Waals surface area contributed by atoms with Crippen LogP contribution in [0.25, 0.3) is 32.3 Å². The molecule has 4 rings (SSSR count). The number of pyridine rings is 1. The molecule has 0 radical (unpaired) electrons. The van der Waals surface area contributed by atoms with Crippen LogP contribution in [0.3, 0.4) is 0 Å². The van der Waals surface area contributed by atoms with Crippen molar-refractivity contribution in [1.29, 1.82) is 0 Å². The molecule has 80 valence electrons. The van der Waals surface area contributed by atoms with Gasteiger partial charge in [-0.2, -0.15) is 0 Å². The van der Waals surface area contributed by atoms with Gasteiger partial charge in [0.25, 0.3) is 5.56 Å². The Morgan fingerprint density at radius 1 is 0.765 bits per heavy atom. The third-order valence-electron chi connectivity index (χ3n) is 3.41. The highest BCUT2D eigenvalue weighted by atomic mass is 16.1. The maximum Gasteiger partial charge on any atom is 0.255 e. The summed E-state index contributed by atoms with van der Waals surface area (Å²) >= 11 is 0. The van der Waals surface area contributed by atoms with E-state index < -0.39 is 0 Å². The molecule has 0 spiro atoms. The monoisotopic (exact) mass is 219 g/mol. The van der Waals surface area contributed by atoms with E-state index in [0.29, 0.717) is 0 Å². The summed E-state index contributed by atoms with van der Waals surface area (Å²) in [5.74, 6) is 0. The Bertz CT molecular complexity index is 889. The summed E-state index contributed by atoms with van der Waals surface area (Å²) in [6.07, 6.45) is 1.79. The lowest BCUT2D eigenvalue weighted by Crippen LogP contribution is -2.05. The lowest BCUT2D eigenvalue weighted by Gasteiger charge is -2.09. The minimum absolute atomic E-state index is 0.0178. The molecule has 0 amide bonds. The van der Waals surface area contributed by atoms with E-state index in [0.717, 1.165) is 16.2 Å². The van der Waals surface area contributed by atoms with Crippen molar-refractivity contribution in [1.82, 2.24) is 4.98 Å². The third kappa shape index (κ3) is 1.02. The van der Waals surface area contributed by atoms with Gasteiger partial charge in [0.2, 0.25) is 0 Å². The van der Waals surface area contributed by atoms with E-state index >= 15 is 0 Å². The molecule has 1 aromatic heterocycles. The van der Waals surface area contributed by atoms with Gasteiger partial charge in [-0.1, -0.05) is 36.4 Å². The van der Waals surface area contributed by atoms with E-state index in [2.05, 4.69) is 29.2 Å². The fourth-order valence-electron chi connectivity index (χ4n) is 2.64. The molecule has 0 aliphatic rings. The van der Waals surface area contributed by atoms with Gasteiger partial charge in [0.15, 0.2) is 0 Å². The van der Waals surface area contributed by atoms with E-state index in [1.54, 1.807) is 6.20 Å². The summed E-state index contributed by atoms with van der Waals surface area (Å²) in [7, 11) is 0.